The summed E-state index contributed by atoms with van der Waals surface area (Å²) in [5, 5.41) is 9.11. The minimum absolute atomic E-state index is 0.0145. The largest absolute Gasteiger partial charge is 0.381 e. The van der Waals surface area contributed by atoms with Crippen LogP contribution in [0.4, 0.5) is 0 Å². The lowest BCUT2D eigenvalue weighted by Crippen LogP contribution is -2.37. The molecular weight excluding hydrogens is 442 g/mol. The highest BCUT2D eigenvalue weighted by Crippen LogP contribution is 2.45. The minimum atomic E-state index is -0.0145. The van der Waals surface area contributed by atoms with E-state index in [2.05, 4.69) is 6.07 Å². The van der Waals surface area contributed by atoms with Crippen LogP contribution in [-0.4, -0.2) is 58.0 Å². The molecule has 0 aromatic carbocycles. The highest BCUT2D eigenvalue weighted by atomic mass is 16.5. The highest BCUT2D eigenvalue weighted by molar-refractivity contribution is 5.79. The van der Waals surface area contributed by atoms with Crippen LogP contribution in [0.25, 0.3) is 0 Å². The predicted octanol–water partition coefficient (Wildman–Crippen LogP) is 4.12. The molecule has 6 aliphatic rings. The van der Waals surface area contributed by atoms with Gasteiger partial charge in [-0.05, 0) is 75.2 Å². The smallest absolute Gasteiger partial charge is 0.137 e. The minimum Gasteiger partial charge on any atom is -0.381 e. The Bertz CT molecular complexity index is 648. The molecule has 3 saturated carbocycles. The van der Waals surface area contributed by atoms with E-state index in [0.717, 1.165) is 64.1 Å². The van der Waals surface area contributed by atoms with Gasteiger partial charge in [-0.25, -0.2) is 0 Å². The van der Waals surface area contributed by atoms with Crippen molar-refractivity contribution in [3.8, 4) is 6.07 Å². The number of ether oxygens (including phenoxy) is 3. The molecule has 0 spiro atoms. The molecule has 0 bridgehead atoms. The van der Waals surface area contributed by atoms with E-state index in [1.165, 1.54) is 57.8 Å². The van der Waals surface area contributed by atoms with Crippen molar-refractivity contribution >= 4 is 5.78 Å². The maximum absolute atomic E-state index is 10.4. The summed E-state index contributed by atoms with van der Waals surface area (Å²) in [6.45, 7) is 5.60. The maximum Gasteiger partial charge on any atom is 0.137 e. The summed E-state index contributed by atoms with van der Waals surface area (Å²) >= 11 is 0. The number of nitrogens with zero attached hydrogens (tertiary/aromatic N) is 1. The Labute approximate surface area is 212 Å². The lowest BCUT2D eigenvalue weighted by Gasteiger charge is -2.36. The Morgan fingerprint density at radius 2 is 1.23 bits per heavy atom. The Balaban J connectivity index is 0.000000140. The summed E-state index contributed by atoms with van der Waals surface area (Å²) in [6, 6.07) is 3.09. The zero-order valence-electron chi connectivity index (χ0n) is 21.8. The lowest BCUT2D eigenvalue weighted by molar-refractivity contribution is -0.124. The summed E-state index contributed by atoms with van der Waals surface area (Å²) in [5.74, 6) is 2.21. The molecule has 0 atom stereocenters. The second-order valence-electron chi connectivity index (χ2n) is 11.6. The Morgan fingerprint density at radius 3 is 1.60 bits per heavy atom. The molecule has 6 fully saturated rings. The van der Waals surface area contributed by atoms with Crippen molar-refractivity contribution in [3.63, 3.8) is 0 Å². The van der Waals surface area contributed by atoms with Crippen LogP contribution < -0.4 is 11.5 Å². The van der Waals surface area contributed by atoms with Crippen LogP contribution in [0.15, 0.2) is 0 Å². The quantitative estimate of drug-likeness (QED) is 0.593. The average molecular weight is 492 g/mol. The molecule has 3 heterocycles. The molecule has 0 aromatic rings. The normalized spacial score (nSPS) is 26.9. The fraction of sp³-hybridized carbons (Fsp3) is 0.929. The third kappa shape index (κ3) is 11.7. The molecule has 0 amide bonds. The number of ketones is 1. The molecule has 200 valence electrons. The molecule has 7 heteroatoms. The number of hydrogen-bond donors (Lipinski definition) is 2. The lowest BCUT2D eigenvalue weighted by atomic mass is 9.76. The molecule has 0 unspecified atom stereocenters. The highest BCUT2D eigenvalue weighted by Gasteiger charge is 2.38. The van der Waals surface area contributed by atoms with Gasteiger partial charge in [0.2, 0.25) is 0 Å². The van der Waals surface area contributed by atoms with Crippen LogP contribution in [0.3, 0.4) is 0 Å². The molecule has 0 aromatic heterocycles. The van der Waals surface area contributed by atoms with Gasteiger partial charge in [-0.1, -0.05) is 25.7 Å². The molecule has 35 heavy (non-hydrogen) atoms. The third-order valence-electron chi connectivity index (χ3n) is 8.14. The number of hydrogen-bond acceptors (Lipinski definition) is 7. The molecule has 0 radical (unpaired) electrons. The van der Waals surface area contributed by atoms with Crippen molar-refractivity contribution in [3.05, 3.63) is 0 Å². The van der Waals surface area contributed by atoms with Crippen LogP contribution in [0.5, 0.6) is 0 Å². The number of rotatable bonds is 5. The number of nitriles is 1. The molecule has 3 aliphatic carbocycles. The average Bonchev–Trinajstić information content (AvgIpc) is 3.73. The van der Waals surface area contributed by atoms with Crippen LogP contribution in [0.2, 0.25) is 0 Å². The first-order valence-electron chi connectivity index (χ1n) is 14.1. The SMILES string of the molecule is N#CC1(CC2CC2)CCOCC1.NC1CC1.NCC1(CC2CC2)CCOCC1.O=C1CCOCC1. The maximum atomic E-state index is 10.4. The van der Waals surface area contributed by atoms with E-state index < -0.39 is 0 Å². The van der Waals surface area contributed by atoms with E-state index in [1.807, 2.05) is 0 Å². The Kier molecular flexibility index (Phi) is 11.9. The monoisotopic (exact) mass is 491 g/mol. The fourth-order valence-corrected chi connectivity index (χ4v) is 4.92. The standard InChI is InChI=1S/C10H19NO.C10H15NO.C5H8O2.C3H7N/c2*11-8-10(7-9-1-2-9)3-5-12-6-4-10;6-5-1-3-7-4-2-5;4-3-1-2-3/h9H,1-8,11H2;9H,1-7H2;1-4H2;3H,1-2,4H2. The Hall–Kier alpha value is -1.04. The van der Waals surface area contributed by atoms with Crippen LogP contribution in [-0.2, 0) is 19.0 Å². The van der Waals surface area contributed by atoms with E-state index in [9.17, 15) is 4.79 Å². The molecule has 7 nitrogen and oxygen atoms in total. The van der Waals surface area contributed by atoms with Gasteiger partial charge < -0.3 is 25.7 Å². The molecule has 4 N–H and O–H groups in total. The van der Waals surface area contributed by atoms with E-state index >= 15 is 0 Å². The number of Topliss-reactive ketones (excluding diaryl/α,β-unsaturated/α-hetero) is 1. The third-order valence-corrected chi connectivity index (χ3v) is 8.14. The van der Waals surface area contributed by atoms with Gasteiger partial charge in [0.1, 0.15) is 5.78 Å². The van der Waals surface area contributed by atoms with E-state index in [4.69, 9.17) is 30.9 Å². The first-order valence-corrected chi connectivity index (χ1v) is 14.1. The number of nitrogens with two attached hydrogens (primary N) is 2. The first-order chi connectivity index (χ1) is 17.0. The van der Waals surface area contributed by atoms with Gasteiger partial charge in [-0.2, -0.15) is 5.26 Å². The van der Waals surface area contributed by atoms with Crippen molar-refractivity contribution in [2.45, 2.75) is 95.9 Å². The van der Waals surface area contributed by atoms with Gasteiger partial charge in [-0.15, -0.1) is 0 Å². The van der Waals surface area contributed by atoms with Gasteiger partial charge in [0.05, 0.1) is 24.7 Å². The molecule has 6 rings (SSSR count). The number of carbonyl (C=O) groups is 1. The van der Waals surface area contributed by atoms with Crippen molar-refractivity contribution in [2.75, 3.05) is 46.2 Å². The van der Waals surface area contributed by atoms with E-state index in [0.29, 0.717) is 43.3 Å². The van der Waals surface area contributed by atoms with Gasteiger partial charge in [0.25, 0.3) is 0 Å². The van der Waals surface area contributed by atoms with Gasteiger partial charge in [0, 0.05) is 45.3 Å². The molecular formula is C28H49N3O4. The van der Waals surface area contributed by atoms with Crippen LogP contribution >= 0.6 is 0 Å². The van der Waals surface area contributed by atoms with E-state index in [1.54, 1.807) is 0 Å². The van der Waals surface area contributed by atoms with Gasteiger partial charge in [0.15, 0.2) is 0 Å². The molecule has 3 aliphatic heterocycles. The topological polar surface area (TPSA) is 121 Å². The van der Waals surface area contributed by atoms with E-state index in [-0.39, 0.29) is 5.41 Å². The Morgan fingerprint density at radius 1 is 0.771 bits per heavy atom. The van der Waals surface area contributed by atoms with Crippen LogP contribution in [0, 0.1) is 34.0 Å². The molecule has 3 saturated heterocycles. The number of carbonyl (C=O) groups excluding carboxylic acids is 1. The zero-order chi connectivity index (χ0) is 25.0. The predicted molar refractivity (Wildman–Crippen MR) is 137 cm³/mol. The summed E-state index contributed by atoms with van der Waals surface area (Å²) in [5.41, 5.74) is 11.5. The van der Waals surface area contributed by atoms with Crippen LogP contribution in [0.1, 0.15) is 89.9 Å². The summed E-state index contributed by atoms with van der Waals surface area (Å²) in [7, 11) is 0. The second-order valence-corrected chi connectivity index (χ2v) is 11.6. The van der Waals surface area contributed by atoms with Crippen molar-refractivity contribution in [1.82, 2.24) is 0 Å². The first kappa shape index (κ1) is 28.5. The summed E-state index contributed by atoms with van der Waals surface area (Å²) in [6.07, 6.45) is 16.2. The van der Waals surface area contributed by atoms with Crippen molar-refractivity contribution < 1.29 is 19.0 Å². The summed E-state index contributed by atoms with van der Waals surface area (Å²) in [4.78, 5) is 10.4. The van der Waals surface area contributed by atoms with Gasteiger partial charge in [-0.3, -0.25) is 4.79 Å². The summed E-state index contributed by atoms with van der Waals surface area (Å²) < 4.78 is 15.6. The zero-order valence-corrected chi connectivity index (χ0v) is 21.8. The van der Waals surface area contributed by atoms with Crippen molar-refractivity contribution in [2.24, 2.45) is 34.1 Å². The van der Waals surface area contributed by atoms with Gasteiger partial charge >= 0.3 is 0 Å². The second kappa shape index (κ2) is 14.6. The van der Waals surface area contributed by atoms with Crippen molar-refractivity contribution in [1.29, 1.82) is 5.26 Å². The fourth-order valence-electron chi connectivity index (χ4n) is 4.92.